The predicted octanol–water partition coefficient (Wildman–Crippen LogP) is 2.84. The summed E-state index contributed by atoms with van der Waals surface area (Å²) in [6, 6.07) is 10.1. The molecule has 208 valence electrons. The highest BCUT2D eigenvalue weighted by Gasteiger charge is 2.34. The number of ether oxygens (including phenoxy) is 1. The number of nitrogens with one attached hydrogen (secondary N) is 1. The van der Waals surface area contributed by atoms with Gasteiger partial charge in [-0.05, 0) is 35.9 Å². The van der Waals surface area contributed by atoms with Crippen LogP contribution in [-0.4, -0.2) is 43.3 Å². The molecule has 2 heterocycles. The van der Waals surface area contributed by atoms with E-state index in [9.17, 15) is 26.4 Å². The van der Waals surface area contributed by atoms with E-state index < -0.39 is 39.0 Å². The van der Waals surface area contributed by atoms with Crippen molar-refractivity contribution in [2.45, 2.75) is 11.1 Å². The van der Waals surface area contributed by atoms with Crippen LogP contribution < -0.4 is 26.5 Å². The molecule has 0 aliphatic rings. The number of allylic oxidation sites excluding steroid dienone is 1. The van der Waals surface area contributed by atoms with Gasteiger partial charge in [-0.2, -0.15) is 13.2 Å². The number of aromatic nitrogens is 3. The van der Waals surface area contributed by atoms with Crippen molar-refractivity contribution in [1.29, 1.82) is 0 Å². The van der Waals surface area contributed by atoms with Crippen LogP contribution in [0.1, 0.15) is 5.56 Å². The van der Waals surface area contributed by atoms with Crippen molar-refractivity contribution in [3.05, 3.63) is 82.5 Å². The van der Waals surface area contributed by atoms with Crippen molar-refractivity contribution in [2.24, 2.45) is 10.7 Å². The van der Waals surface area contributed by atoms with Gasteiger partial charge in [0.15, 0.2) is 0 Å². The number of benzene rings is 2. The van der Waals surface area contributed by atoms with E-state index in [4.69, 9.17) is 16.2 Å². The Balaban J connectivity index is 1.89. The van der Waals surface area contributed by atoms with Crippen molar-refractivity contribution in [2.75, 3.05) is 19.9 Å². The molecule has 5 N–H and O–H groups in total. The molecular weight excluding hydrogens is 551 g/mol. The maximum absolute atomic E-state index is 13.7. The van der Waals surface area contributed by atoms with Crippen LogP contribution in [0.15, 0.2) is 81.3 Å². The molecule has 2 aromatic heterocycles. The van der Waals surface area contributed by atoms with Crippen molar-refractivity contribution in [3.8, 4) is 22.7 Å². The highest BCUT2D eigenvalue weighted by Crippen LogP contribution is 2.34. The Morgan fingerprint density at radius 1 is 1.15 bits per heavy atom. The normalized spacial score (nSPS) is 12.7. The second-order valence-corrected chi connectivity index (χ2v) is 9.85. The van der Waals surface area contributed by atoms with E-state index in [0.717, 1.165) is 18.3 Å². The number of pyridine rings is 1. The maximum atomic E-state index is 13.7. The van der Waals surface area contributed by atoms with Crippen LogP contribution in [0.5, 0.6) is 5.88 Å². The monoisotopic (exact) mass is 573 g/mol. The second kappa shape index (κ2) is 10.7. The number of nitrogen functional groups attached to an aromatic ring is 1. The molecule has 0 bridgehead atoms. The first-order chi connectivity index (χ1) is 18.9. The van der Waals surface area contributed by atoms with Crippen LogP contribution in [0.4, 0.5) is 19.1 Å². The van der Waals surface area contributed by atoms with Gasteiger partial charge >= 0.3 is 6.18 Å². The lowest BCUT2D eigenvalue weighted by Crippen LogP contribution is -2.25. The van der Waals surface area contributed by atoms with Crippen LogP contribution in [0.3, 0.4) is 0 Å². The van der Waals surface area contributed by atoms with E-state index in [-0.39, 0.29) is 32.9 Å². The molecule has 15 heteroatoms. The third kappa shape index (κ3) is 5.31. The molecule has 2 aromatic carbocycles. The van der Waals surface area contributed by atoms with Gasteiger partial charge in [-0.15, -0.1) is 0 Å². The number of hydrogen-bond acceptors (Lipinski definition) is 9. The number of alkyl halides is 3. The Labute approximate surface area is 225 Å². The minimum atomic E-state index is -4.76. The molecule has 0 fully saturated rings. The van der Waals surface area contributed by atoms with Gasteiger partial charge in [-0.25, -0.2) is 23.0 Å². The highest BCUT2D eigenvalue weighted by atomic mass is 32.2. The number of nitrogens with two attached hydrogens (primary N) is 2. The summed E-state index contributed by atoms with van der Waals surface area (Å²) >= 11 is 0. The van der Waals surface area contributed by atoms with Crippen LogP contribution >= 0.6 is 0 Å². The maximum Gasteiger partial charge on any atom is 0.418 e. The zero-order valence-corrected chi connectivity index (χ0v) is 21.8. The Morgan fingerprint density at radius 3 is 2.52 bits per heavy atom. The second-order valence-electron chi connectivity index (χ2n) is 8.20. The van der Waals surface area contributed by atoms with Gasteiger partial charge in [0.1, 0.15) is 4.90 Å². The van der Waals surface area contributed by atoms with Crippen molar-refractivity contribution < 1.29 is 26.3 Å². The quantitative estimate of drug-likeness (QED) is 0.284. The van der Waals surface area contributed by atoms with Crippen molar-refractivity contribution in [3.63, 3.8) is 0 Å². The number of aliphatic imine (C=N–C) groups is 1. The molecular formula is C25H22F3N7O4S. The van der Waals surface area contributed by atoms with Crippen molar-refractivity contribution >= 4 is 33.1 Å². The fourth-order valence-corrected chi connectivity index (χ4v) is 5.10. The summed E-state index contributed by atoms with van der Waals surface area (Å²) in [7, 11) is -1.60. The summed E-state index contributed by atoms with van der Waals surface area (Å²) in [5, 5.41) is -0.0606. The largest absolute Gasteiger partial charge is 0.480 e. The van der Waals surface area contributed by atoms with Crippen LogP contribution in [-0.2, 0) is 16.2 Å². The van der Waals surface area contributed by atoms with E-state index in [1.807, 2.05) is 0 Å². The van der Waals surface area contributed by atoms with E-state index in [0.29, 0.717) is 10.1 Å². The lowest BCUT2D eigenvalue weighted by molar-refractivity contribution is -0.137. The van der Waals surface area contributed by atoms with Crippen LogP contribution in [0.2, 0.25) is 0 Å². The lowest BCUT2D eigenvalue weighted by atomic mass is 10.1. The summed E-state index contributed by atoms with van der Waals surface area (Å²) in [5.74, 6) is -0.658. The average Bonchev–Trinajstić information content (AvgIpc) is 2.92. The summed E-state index contributed by atoms with van der Waals surface area (Å²) in [6.07, 6.45) is -1.23. The van der Waals surface area contributed by atoms with Gasteiger partial charge in [0, 0.05) is 31.2 Å². The number of halogens is 3. The fraction of sp³-hybridized carbons (Fsp3) is 0.120. The molecule has 40 heavy (non-hydrogen) atoms. The molecule has 0 radical (unpaired) electrons. The molecule has 0 spiro atoms. The minimum Gasteiger partial charge on any atom is -0.480 e. The smallest absolute Gasteiger partial charge is 0.418 e. The van der Waals surface area contributed by atoms with E-state index in [1.54, 1.807) is 0 Å². The van der Waals surface area contributed by atoms with E-state index >= 15 is 0 Å². The SMILES string of the molecule is CN=CC(=CN)NS(=O)(=O)c1cc(-c2ccc3nc(N)n(-c4ccccc4C(F)(F)F)c(=O)c3c2)cnc1OC. The molecule has 11 nitrogen and oxygen atoms in total. The summed E-state index contributed by atoms with van der Waals surface area (Å²) in [6.45, 7) is 0. The number of rotatable bonds is 7. The van der Waals surface area contributed by atoms with Gasteiger partial charge < -0.3 is 16.2 Å². The molecule has 4 aromatic rings. The third-order valence-corrected chi connectivity index (χ3v) is 7.05. The molecule has 4 rings (SSSR count). The topological polar surface area (TPSA) is 168 Å². The fourth-order valence-electron chi connectivity index (χ4n) is 3.91. The Hall–Kier alpha value is -4.92. The number of anilines is 1. The number of nitrogens with zero attached hydrogens (tertiary/aromatic N) is 4. The first-order valence-corrected chi connectivity index (χ1v) is 12.8. The van der Waals surface area contributed by atoms with Gasteiger partial charge in [0.05, 0.1) is 35.0 Å². The van der Waals surface area contributed by atoms with Crippen LogP contribution in [0, 0.1) is 0 Å². The Kier molecular flexibility index (Phi) is 7.51. The summed E-state index contributed by atoms with van der Waals surface area (Å²) in [4.78, 5) is 25.0. The number of sulfonamides is 1. The predicted molar refractivity (Wildman–Crippen MR) is 144 cm³/mol. The number of fused-ring (bicyclic) bond motifs is 1. The first kappa shape index (κ1) is 28.1. The molecule has 0 aliphatic carbocycles. The van der Waals surface area contributed by atoms with Gasteiger partial charge in [0.2, 0.25) is 11.8 Å². The lowest BCUT2D eigenvalue weighted by Gasteiger charge is -2.16. The van der Waals surface area contributed by atoms with E-state index in [2.05, 4.69) is 19.7 Å². The van der Waals surface area contributed by atoms with Gasteiger partial charge in [0.25, 0.3) is 15.6 Å². The molecule has 0 saturated heterocycles. The molecule has 0 unspecified atom stereocenters. The summed E-state index contributed by atoms with van der Waals surface area (Å²) < 4.78 is 75.3. The zero-order chi connectivity index (χ0) is 29.2. The summed E-state index contributed by atoms with van der Waals surface area (Å²) in [5.41, 5.74) is 9.67. The average molecular weight is 574 g/mol. The van der Waals surface area contributed by atoms with Gasteiger partial charge in [-0.1, -0.05) is 18.2 Å². The Morgan fingerprint density at radius 2 is 1.88 bits per heavy atom. The standard InChI is InChI=1S/C25H22F3N7O4S/c1-31-13-16(11-29)34-40(37,38)21-10-15(12-32-22(21)39-2)14-7-8-19-17(9-14)23(36)35(24(30)33-19)20-6-4-3-5-18(20)25(26,27)28/h3-13,34H,29H2,1-2H3,(H2,30,33). The molecule has 0 amide bonds. The first-order valence-electron chi connectivity index (χ1n) is 11.3. The van der Waals surface area contributed by atoms with Crippen LogP contribution in [0.25, 0.3) is 27.7 Å². The van der Waals surface area contributed by atoms with E-state index in [1.165, 1.54) is 63.0 Å². The number of hydrogen-bond donors (Lipinski definition) is 3. The molecule has 0 saturated carbocycles. The number of methoxy groups -OCH3 is 1. The van der Waals surface area contributed by atoms with Gasteiger partial charge in [-0.3, -0.25) is 14.5 Å². The Bertz CT molecular complexity index is 1830. The zero-order valence-electron chi connectivity index (χ0n) is 21.0. The minimum absolute atomic E-state index is 0.0102. The molecule has 0 atom stereocenters. The highest BCUT2D eigenvalue weighted by molar-refractivity contribution is 7.89. The molecule has 0 aliphatic heterocycles. The van der Waals surface area contributed by atoms with Crippen molar-refractivity contribution in [1.82, 2.24) is 19.3 Å². The number of para-hydroxylation sites is 1. The third-order valence-electron chi connectivity index (χ3n) is 5.68.